The smallest absolute Gasteiger partial charge is 0.159 e. The van der Waals surface area contributed by atoms with E-state index in [1.807, 2.05) is 35.1 Å². The number of aromatic nitrogens is 5. The van der Waals surface area contributed by atoms with Gasteiger partial charge in [0.1, 0.15) is 11.3 Å². The number of rotatable bonds is 5. The molecule has 2 N–H and O–H groups in total. The van der Waals surface area contributed by atoms with E-state index in [1.54, 1.807) is 18.6 Å². The van der Waals surface area contributed by atoms with E-state index >= 15 is 0 Å². The van der Waals surface area contributed by atoms with Crippen LogP contribution >= 0.6 is 0 Å². The highest BCUT2D eigenvalue weighted by Gasteiger charge is 2.13. The molecule has 0 spiro atoms. The monoisotopic (exact) mass is 379 g/mol. The Morgan fingerprint density at radius 3 is 2.86 bits per heavy atom. The molecule has 4 rings (SSSR count). The Labute approximate surface area is 167 Å². The number of terminal acetylenes is 1. The molecule has 29 heavy (non-hydrogen) atoms. The molecule has 0 unspecified atom stereocenters. The first-order valence-corrected chi connectivity index (χ1v) is 9.07. The largest absolute Gasteiger partial charge is 0.382 e. The summed E-state index contributed by atoms with van der Waals surface area (Å²) in [5.41, 5.74) is 10.0. The van der Waals surface area contributed by atoms with Crippen molar-refractivity contribution in [3.05, 3.63) is 54.6 Å². The number of nitrogen functional groups attached to an aromatic ring is 1. The fraction of sp³-hybridized carbons (Fsp3) is 0.136. The number of fused-ring (bicyclic) bond motifs is 1. The van der Waals surface area contributed by atoms with E-state index < -0.39 is 0 Å². The third-order valence-corrected chi connectivity index (χ3v) is 4.56. The molecule has 0 aliphatic rings. The van der Waals surface area contributed by atoms with Crippen molar-refractivity contribution in [3.8, 4) is 40.9 Å². The Morgan fingerprint density at radius 1 is 1.14 bits per heavy atom. The summed E-state index contributed by atoms with van der Waals surface area (Å²) in [6, 6.07) is 9.63. The van der Waals surface area contributed by atoms with Gasteiger partial charge < -0.3 is 5.73 Å². The zero-order valence-electron chi connectivity index (χ0n) is 15.6. The van der Waals surface area contributed by atoms with E-state index in [0.29, 0.717) is 30.1 Å². The van der Waals surface area contributed by atoms with Gasteiger partial charge >= 0.3 is 0 Å². The summed E-state index contributed by atoms with van der Waals surface area (Å²) in [7, 11) is 0. The molecule has 0 radical (unpaired) electrons. The molecule has 0 atom stereocenters. The SMILES string of the molecule is C#Cc1cccc(-c2ncc3c(-c4cnn(CCCC#N)c4)cnc(N)c3n2)c1. The number of nitriles is 1. The number of unbranched alkanes of at least 4 members (excludes halogenated alkanes) is 1. The van der Waals surface area contributed by atoms with Crippen molar-refractivity contribution in [1.82, 2.24) is 24.7 Å². The highest BCUT2D eigenvalue weighted by Crippen LogP contribution is 2.30. The molecule has 0 fully saturated rings. The first kappa shape index (κ1) is 18.1. The molecule has 3 aromatic heterocycles. The van der Waals surface area contributed by atoms with Crippen LogP contribution in [0.1, 0.15) is 18.4 Å². The van der Waals surface area contributed by atoms with Crippen LogP contribution in [0.2, 0.25) is 0 Å². The molecule has 0 bridgehead atoms. The Bertz CT molecular complexity index is 1270. The summed E-state index contributed by atoms with van der Waals surface area (Å²) in [6.45, 7) is 0.681. The molecule has 1 aromatic carbocycles. The number of aryl methyl sites for hydroxylation is 1. The van der Waals surface area contributed by atoms with Crippen molar-refractivity contribution in [1.29, 1.82) is 5.26 Å². The fourth-order valence-electron chi connectivity index (χ4n) is 3.10. The van der Waals surface area contributed by atoms with Gasteiger partial charge in [-0.15, -0.1) is 6.42 Å². The molecule has 0 saturated carbocycles. The van der Waals surface area contributed by atoms with Crippen LogP contribution in [0, 0.1) is 23.7 Å². The molecule has 7 nitrogen and oxygen atoms in total. The van der Waals surface area contributed by atoms with Gasteiger partial charge in [0.25, 0.3) is 0 Å². The van der Waals surface area contributed by atoms with Crippen LogP contribution < -0.4 is 5.73 Å². The average Bonchev–Trinajstić information content (AvgIpc) is 3.23. The number of nitrogens with zero attached hydrogens (tertiary/aromatic N) is 6. The highest BCUT2D eigenvalue weighted by molar-refractivity contribution is 5.98. The molecule has 7 heteroatoms. The van der Waals surface area contributed by atoms with E-state index in [-0.39, 0.29) is 0 Å². The Hall–Kier alpha value is -4.23. The second kappa shape index (κ2) is 7.79. The minimum atomic E-state index is 0.335. The van der Waals surface area contributed by atoms with Gasteiger partial charge in [-0.05, 0) is 18.6 Å². The second-order valence-electron chi connectivity index (χ2n) is 6.49. The molecular weight excluding hydrogens is 362 g/mol. The van der Waals surface area contributed by atoms with Crippen LogP contribution in [-0.2, 0) is 6.54 Å². The third kappa shape index (κ3) is 3.62. The number of hydrogen-bond acceptors (Lipinski definition) is 6. The van der Waals surface area contributed by atoms with Crippen molar-refractivity contribution in [2.24, 2.45) is 0 Å². The van der Waals surface area contributed by atoms with Crippen molar-refractivity contribution < 1.29 is 0 Å². The van der Waals surface area contributed by atoms with E-state index in [2.05, 4.69) is 32.0 Å². The molecule has 3 heterocycles. The lowest BCUT2D eigenvalue weighted by Crippen LogP contribution is -1.99. The molecule has 0 aliphatic carbocycles. The fourth-order valence-corrected chi connectivity index (χ4v) is 3.10. The highest BCUT2D eigenvalue weighted by atomic mass is 15.3. The third-order valence-electron chi connectivity index (χ3n) is 4.56. The van der Waals surface area contributed by atoms with Crippen molar-refractivity contribution in [2.45, 2.75) is 19.4 Å². The van der Waals surface area contributed by atoms with Crippen LogP contribution in [0.5, 0.6) is 0 Å². The zero-order valence-corrected chi connectivity index (χ0v) is 15.6. The van der Waals surface area contributed by atoms with Crippen molar-refractivity contribution in [3.63, 3.8) is 0 Å². The Balaban J connectivity index is 1.75. The van der Waals surface area contributed by atoms with Crippen LogP contribution in [0.4, 0.5) is 5.82 Å². The average molecular weight is 379 g/mol. The number of nitrogens with two attached hydrogens (primary N) is 1. The van der Waals surface area contributed by atoms with Gasteiger partial charge in [0.15, 0.2) is 5.82 Å². The summed E-state index contributed by atoms with van der Waals surface area (Å²) < 4.78 is 1.81. The van der Waals surface area contributed by atoms with Gasteiger partial charge in [-0.1, -0.05) is 18.1 Å². The quantitative estimate of drug-likeness (QED) is 0.421. The minimum Gasteiger partial charge on any atom is -0.382 e. The van der Waals surface area contributed by atoms with E-state index in [0.717, 1.165) is 34.1 Å². The number of benzene rings is 1. The zero-order chi connectivity index (χ0) is 20.2. The predicted octanol–water partition coefficient (Wildman–Crippen LogP) is 3.42. The maximum atomic E-state index is 8.68. The minimum absolute atomic E-state index is 0.335. The molecule has 0 amide bonds. The molecular formula is C22H17N7. The lowest BCUT2D eigenvalue weighted by molar-refractivity contribution is 0.586. The lowest BCUT2D eigenvalue weighted by atomic mass is 10.1. The summed E-state index contributed by atoms with van der Waals surface area (Å²) in [5.74, 6) is 3.49. The van der Waals surface area contributed by atoms with E-state index in [4.69, 9.17) is 17.4 Å². The Kier molecular flexibility index (Phi) is 4.88. The standard InChI is InChI=1S/C22H17N7/c1-2-15-6-5-7-16(10-15)22-26-13-19-18(12-25-21(24)20(19)28-22)17-11-27-29(14-17)9-4-3-8-23/h1,5-7,10-14H,3-4,9H2,(H2,24,25). The summed E-state index contributed by atoms with van der Waals surface area (Å²) in [4.78, 5) is 13.5. The Morgan fingerprint density at radius 2 is 2.03 bits per heavy atom. The van der Waals surface area contributed by atoms with Gasteiger partial charge in [0, 0.05) is 59.2 Å². The van der Waals surface area contributed by atoms with Crippen LogP contribution in [0.25, 0.3) is 33.4 Å². The second-order valence-corrected chi connectivity index (χ2v) is 6.49. The van der Waals surface area contributed by atoms with Crippen LogP contribution in [0.3, 0.4) is 0 Å². The maximum Gasteiger partial charge on any atom is 0.159 e. The first-order chi connectivity index (χ1) is 14.2. The predicted molar refractivity (Wildman–Crippen MR) is 111 cm³/mol. The van der Waals surface area contributed by atoms with E-state index in [9.17, 15) is 0 Å². The van der Waals surface area contributed by atoms with Crippen LogP contribution in [0.15, 0.2) is 49.1 Å². The molecule has 140 valence electrons. The summed E-state index contributed by atoms with van der Waals surface area (Å²) >= 11 is 0. The first-order valence-electron chi connectivity index (χ1n) is 9.07. The number of hydrogen-bond donors (Lipinski definition) is 1. The van der Waals surface area contributed by atoms with E-state index in [1.165, 1.54) is 0 Å². The molecule has 4 aromatic rings. The summed E-state index contributed by atoms with van der Waals surface area (Å²) in [5, 5.41) is 13.8. The molecule has 0 saturated heterocycles. The lowest BCUT2D eigenvalue weighted by Gasteiger charge is -2.08. The number of anilines is 1. The van der Waals surface area contributed by atoms with Gasteiger partial charge in [-0.2, -0.15) is 10.4 Å². The van der Waals surface area contributed by atoms with Gasteiger partial charge in [0.05, 0.1) is 12.3 Å². The number of pyridine rings is 1. The normalized spacial score (nSPS) is 10.6. The van der Waals surface area contributed by atoms with Gasteiger partial charge in [-0.25, -0.2) is 15.0 Å². The van der Waals surface area contributed by atoms with Crippen molar-refractivity contribution >= 4 is 16.7 Å². The van der Waals surface area contributed by atoms with Gasteiger partial charge in [-0.3, -0.25) is 4.68 Å². The summed E-state index contributed by atoms with van der Waals surface area (Å²) in [6.07, 6.45) is 13.9. The van der Waals surface area contributed by atoms with Crippen LogP contribution in [-0.4, -0.2) is 24.7 Å². The topological polar surface area (TPSA) is 106 Å². The molecule has 0 aliphatic heterocycles. The van der Waals surface area contributed by atoms with Gasteiger partial charge in [0.2, 0.25) is 0 Å². The maximum absolute atomic E-state index is 8.68. The van der Waals surface area contributed by atoms with Crippen molar-refractivity contribution in [2.75, 3.05) is 5.73 Å².